The number of nitrogens with one attached hydrogen (secondary N) is 1. The van der Waals surface area contributed by atoms with Crippen LogP contribution in [0.15, 0.2) is 83.8 Å². The fourth-order valence-electron chi connectivity index (χ4n) is 4.31. The van der Waals surface area contributed by atoms with Gasteiger partial charge in [-0.1, -0.05) is 60.5 Å². The van der Waals surface area contributed by atoms with Gasteiger partial charge in [0.2, 0.25) is 0 Å². The lowest BCUT2D eigenvalue weighted by Gasteiger charge is -2.42. The fraction of sp³-hybridized carbons (Fsp3) is 0.231. The molecule has 1 heterocycles. The van der Waals surface area contributed by atoms with E-state index in [2.05, 4.69) is 33.0 Å². The summed E-state index contributed by atoms with van der Waals surface area (Å²) in [6.45, 7) is 0.610. The minimum absolute atomic E-state index is 0.0138. The highest BCUT2D eigenvalue weighted by molar-refractivity contribution is 7.98. The zero-order valence-corrected chi connectivity index (χ0v) is 20.1. The lowest BCUT2D eigenvalue weighted by Crippen LogP contribution is -2.45. The molecule has 0 bridgehead atoms. The smallest absolute Gasteiger partial charge is 0.252 e. The summed E-state index contributed by atoms with van der Waals surface area (Å²) in [4.78, 5) is 14.1. The summed E-state index contributed by atoms with van der Waals surface area (Å²) < 4.78 is 1.72. The standard InChI is InChI=1S/C26H24ClN5OS/c27-20-13-11-19(12-14-20)26(15-6-16-26)18-28-25(33)22-9-4-5-10-23(22)34-17-24-29-30-31-32(24)21-7-2-1-3-8-21/h1-5,7-14H,6,15-18H2,(H,28,33). The van der Waals surface area contributed by atoms with Crippen molar-refractivity contribution in [2.75, 3.05) is 6.54 Å². The molecule has 0 aliphatic heterocycles. The summed E-state index contributed by atoms with van der Waals surface area (Å²) in [6.07, 6.45) is 3.29. The molecule has 3 aromatic carbocycles. The number of amides is 1. The number of benzene rings is 3. The van der Waals surface area contributed by atoms with Gasteiger partial charge in [-0.15, -0.1) is 16.9 Å². The second-order valence-corrected chi connectivity index (χ2v) is 9.90. The molecular formula is C26H24ClN5OS. The Morgan fingerprint density at radius 1 is 1.00 bits per heavy atom. The lowest BCUT2D eigenvalue weighted by molar-refractivity contribution is 0.0925. The molecular weight excluding hydrogens is 466 g/mol. The largest absolute Gasteiger partial charge is 0.351 e. The average Bonchev–Trinajstić information content (AvgIpc) is 3.32. The van der Waals surface area contributed by atoms with Crippen LogP contribution in [0.3, 0.4) is 0 Å². The van der Waals surface area contributed by atoms with E-state index in [0.29, 0.717) is 17.9 Å². The number of carbonyl (C=O) groups is 1. The van der Waals surface area contributed by atoms with Gasteiger partial charge in [-0.25, -0.2) is 0 Å². The molecule has 1 aromatic heterocycles. The number of carbonyl (C=O) groups excluding carboxylic acids is 1. The van der Waals surface area contributed by atoms with Gasteiger partial charge < -0.3 is 5.32 Å². The molecule has 1 aliphatic carbocycles. The summed E-state index contributed by atoms with van der Waals surface area (Å²) in [5, 5.41) is 16.1. The molecule has 0 spiro atoms. The highest BCUT2D eigenvalue weighted by Crippen LogP contribution is 2.43. The van der Waals surface area contributed by atoms with Gasteiger partial charge in [-0.2, -0.15) is 4.68 Å². The molecule has 172 valence electrons. The van der Waals surface area contributed by atoms with Crippen LogP contribution in [0.4, 0.5) is 0 Å². The maximum atomic E-state index is 13.2. The molecule has 5 rings (SSSR count). The second-order valence-electron chi connectivity index (χ2n) is 8.45. The number of aromatic nitrogens is 4. The van der Waals surface area contributed by atoms with Crippen LogP contribution in [0.2, 0.25) is 5.02 Å². The van der Waals surface area contributed by atoms with Crippen molar-refractivity contribution in [1.29, 1.82) is 0 Å². The number of halogens is 1. The maximum absolute atomic E-state index is 13.2. The van der Waals surface area contributed by atoms with Crippen LogP contribution in [0, 0.1) is 0 Å². The van der Waals surface area contributed by atoms with E-state index in [-0.39, 0.29) is 11.3 Å². The molecule has 1 N–H and O–H groups in total. The van der Waals surface area contributed by atoms with Crippen LogP contribution in [-0.2, 0) is 11.2 Å². The van der Waals surface area contributed by atoms with E-state index in [0.717, 1.165) is 34.3 Å². The zero-order chi connectivity index (χ0) is 23.4. The van der Waals surface area contributed by atoms with Crippen molar-refractivity contribution >= 4 is 29.3 Å². The second kappa shape index (κ2) is 9.99. The van der Waals surface area contributed by atoms with Crippen LogP contribution >= 0.6 is 23.4 Å². The van der Waals surface area contributed by atoms with Crippen LogP contribution in [-0.4, -0.2) is 32.7 Å². The summed E-state index contributed by atoms with van der Waals surface area (Å²) in [5.74, 6) is 1.20. The SMILES string of the molecule is O=C(NCC1(c2ccc(Cl)cc2)CCC1)c1ccccc1SCc1nnnn1-c1ccccc1. The van der Waals surface area contributed by atoms with E-state index in [1.807, 2.05) is 66.7 Å². The molecule has 0 radical (unpaired) electrons. The van der Waals surface area contributed by atoms with E-state index in [9.17, 15) is 4.79 Å². The number of nitrogens with zero attached hydrogens (tertiary/aromatic N) is 4. The lowest BCUT2D eigenvalue weighted by atomic mass is 9.64. The normalized spacial score (nSPS) is 14.4. The maximum Gasteiger partial charge on any atom is 0.252 e. The van der Waals surface area contributed by atoms with Crippen LogP contribution in [0.25, 0.3) is 5.69 Å². The highest BCUT2D eigenvalue weighted by Gasteiger charge is 2.39. The molecule has 0 saturated heterocycles. The van der Waals surface area contributed by atoms with Gasteiger partial charge in [-0.05, 0) is 65.2 Å². The molecule has 4 aromatic rings. The van der Waals surface area contributed by atoms with Gasteiger partial charge in [0.1, 0.15) is 0 Å². The Hall–Kier alpha value is -3.16. The summed E-state index contributed by atoms with van der Waals surface area (Å²) in [6, 6.07) is 25.5. The van der Waals surface area contributed by atoms with Gasteiger partial charge in [0.25, 0.3) is 5.91 Å². The molecule has 1 amide bonds. The highest BCUT2D eigenvalue weighted by atomic mass is 35.5. The molecule has 0 unspecified atom stereocenters. The van der Waals surface area contributed by atoms with Crippen molar-refractivity contribution in [1.82, 2.24) is 25.5 Å². The Labute approximate surface area is 207 Å². The van der Waals surface area contributed by atoms with Crippen molar-refractivity contribution < 1.29 is 4.79 Å². The molecule has 0 atom stereocenters. The average molecular weight is 490 g/mol. The first-order valence-electron chi connectivity index (χ1n) is 11.2. The Balaban J connectivity index is 1.28. The Morgan fingerprint density at radius 2 is 1.74 bits per heavy atom. The quantitative estimate of drug-likeness (QED) is 0.333. The van der Waals surface area contributed by atoms with Crippen LogP contribution in [0.1, 0.15) is 41.0 Å². The van der Waals surface area contributed by atoms with Gasteiger partial charge in [0.15, 0.2) is 5.82 Å². The number of hydrogen-bond acceptors (Lipinski definition) is 5. The summed E-state index contributed by atoms with van der Waals surface area (Å²) in [5.41, 5.74) is 2.79. The first kappa shape index (κ1) is 22.6. The van der Waals surface area contributed by atoms with Crippen molar-refractivity contribution in [2.45, 2.75) is 35.3 Å². The predicted octanol–water partition coefficient (Wildman–Crippen LogP) is 5.46. The predicted molar refractivity (Wildman–Crippen MR) is 134 cm³/mol. The monoisotopic (exact) mass is 489 g/mol. The number of rotatable bonds is 8. The van der Waals surface area contributed by atoms with E-state index in [1.54, 1.807) is 16.4 Å². The van der Waals surface area contributed by atoms with Gasteiger partial charge in [0, 0.05) is 21.9 Å². The third-order valence-electron chi connectivity index (χ3n) is 6.38. The third-order valence-corrected chi connectivity index (χ3v) is 7.70. The zero-order valence-electron chi connectivity index (χ0n) is 18.5. The van der Waals surface area contributed by atoms with Crippen molar-refractivity contribution in [3.05, 3.63) is 101 Å². The third kappa shape index (κ3) is 4.72. The van der Waals surface area contributed by atoms with Crippen molar-refractivity contribution in [3.63, 3.8) is 0 Å². The minimum Gasteiger partial charge on any atom is -0.351 e. The first-order chi connectivity index (χ1) is 16.6. The first-order valence-corrected chi connectivity index (χ1v) is 12.6. The van der Waals surface area contributed by atoms with Crippen molar-refractivity contribution in [3.8, 4) is 5.69 Å². The Kier molecular flexibility index (Phi) is 6.65. The van der Waals surface area contributed by atoms with E-state index >= 15 is 0 Å². The van der Waals surface area contributed by atoms with E-state index < -0.39 is 0 Å². The van der Waals surface area contributed by atoms with Crippen molar-refractivity contribution in [2.24, 2.45) is 0 Å². The van der Waals surface area contributed by atoms with Gasteiger partial charge >= 0.3 is 0 Å². The number of tetrazole rings is 1. The summed E-state index contributed by atoms with van der Waals surface area (Å²) in [7, 11) is 0. The number of thioether (sulfide) groups is 1. The van der Waals surface area contributed by atoms with Gasteiger partial charge in [0.05, 0.1) is 17.0 Å². The minimum atomic E-state index is -0.0639. The molecule has 34 heavy (non-hydrogen) atoms. The van der Waals surface area contributed by atoms with E-state index in [1.165, 1.54) is 12.0 Å². The Bertz CT molecular complexity index is 1270. The summed E-state index contributed by atoms with van der Waals surface area (Å²) >= 11 is 7.63. The fourth-order valence-corrected chi connectivity index (χ4v) is 5.39. The van der Waals surface area contributed by atoms with Gasteiger partial charge in [-0.3, -0.25) is 4.79 Å². The molecule has 1 fully saturated rings. The Morgan fingerprint density at radius 3 is 2.47 bits per heavy atom. The molecule has 8 heteroatoms. The number of para-hydroxylation sites is 1. The molecule has 1 aliphatic rings. The molecule has 6 nitrogen and oxygen atoms in total. The number of hydrogen-bond donors (Lipinski definition) is 1. The van der Waals surface area contributed by atoms with Crippen LogP contribution in [0.5, 0.6) is 0 Å². The molecule has 1 saturated carbocycles. The topological polar surface area (TPSA) is 72.7 Å². The van der Waals surface area contributed by atoms with E-state index in [4.69, 9.17) is 11.6 Å². The van der Waals surface area contributed by atoms with Crippen LogP contribution < -0.4 is 5.32 Å².